The molecule has 104 valence electrons. The molecule has 5 heteroatoms. The van der Waals surface area contributed by atoms with Gasteiger partial charge in [-0.2, -0.15) is 0 Å². The molecule has 0 saturated carbocycles. The van der Waals surface area contributed by atoms with Crippen LogP contribution < -0.4 is 10.6 Å². The number of benzene rings is 1. The molecule has 0 atom stereocenters. The number of urea groups is 1. The lowest BCUT2D eigenvalue weighted by molar-refractivity contribution is 0.0696. The number of hydrogen-bond acceptors (Lipinski definition) is 2. The molecule has 0 aliphatic rings. The summed E-state index contributed by atoms with van der Waals surface area (Å²) in [5.41, 5.74) is 1.26. The quantitative estimate of drug-likeness (QED) is 0.765. The fraction of sp³-hybridized carbons (Fsp3) is 0.429. The summed E-state index contributed by atoms with van der Waals surface area (Å²) in [6.45, 7) is 5.69. The Morgan fingerprint density at radius 2 is 1.89 bits per heavy atom. The van der Waals surface area contributed by atoms with Gasteiger partial charge in [-0.3, -0.25) is 0 Å². The first kappa shape index (κ1) is 15.0. The molecule has 0 fully saturated rings. The smallest absolute Gasteiger partial charge is 0.336 e. The average Bonchev–Trinajstić information content (AvgIpc) is 2.38. The topological polar surface area (TPSA) is 78.4 Å². The fourth-order valence-corrected chi connectivity index (χ4v) is 1.84. The van der Waals surface area contributed by atoms with Gasteiger partial charge in [-0.25, -0.2) is 9.59 Å². The largest absolute Gasteiger partial charge is 0.478 e. The van der Waals surface area contributed by atoms with E-state index >= 15 is 0 Å². The molecule has 1 aromatic rings. The Balaban J connectivity index is 2.80. The summed E-state index contributed by atoms with van der Waals surface area (Å²) in [7, 11) is 0. The Morgan fingerprint density at radius 1 is 1.26 bits per heavy atom. The molecule has 0 aromatic heterocycles. The lowest BCUT2D eigenvalue weighted by Gasteiger charge is -2.16. The zero-order chi connectivity index (χ0) is 14.4. The van der Waals surface area contributed by atoms with Crippen LogP contribution in [0.1, 0.15) is 42.6 Å². The van der Waals surface area contributed by atoms with Gasteiger partial charge in [0, 0.05) is 11.7 Å². The third-order valence-corrected chi connectivity index (χ3v) is 3.13. The molecule has 0 bridgehead atoms. The summed E-state index contributed by atoms with van der Waals surface area (Å²) in [5.74, 6) is -0.999. The van der Waals surface area contributed by atoms with E-state index in [1.54, 1.807) is 19.1 Å². The van der Waals surface area contributed by atoms with E-state index in [4.69, 9.17) is 5.11 Å². The first-order valence-corrected chi connectivity index (χ1v) is 6.40. The molecule has 0 spiro atoms. The predicted octanol–water partition coefficient (Wildman–Crippen LogP) is 3.00. The third kappa shape index (κ3) is 3.98. The molecule has 0 unspecified atom stereocenters. The second-order valence-electron chi connectivity index (χ2n) is 4.40. The molecule has 1 rings (SSSR count). The first-order chi connectivity index (χ1) is 8.99. The van der Waals surface area contributed by atoms with E-state index in [-0.39, 0.29) is 17.6 Å². The third-order valence-electron chi connectivity index (χ3n) is 3.13. The molecule has 1 aromatic carbocycles. The maximum Gasteiger partial charge on any atom is 0.336 e. The lowest BCUT2D eigenvalue weighted by Crippen LogP contribution is -2.37. The van der Waals surface area contributed by atoms with Crippen molar-refractivity contribution in [2.24, 2.45) is 0 Å². The van der Waals surface area contributed by atoms with Gasteiger partial charge in [0.25, 0.3) is 0 Å². The minimum Gasteiger partial charge on any atom is -0.478 e. The number of carbonyl (C=O) groups is 2. The van der Waals surface area contributed by atoms with Crippen molar-refractivity contribution in [3.05, 3.63) is 29.3 Å². The zero-order valence-electron chi connectivity index (χ0n) is 11.5. The van der Waals surface area contributed by atoms with Crippen molar-refractivity contribution in [3.8, 4) is 0 Å². The number of carboxylic acid groups (broad SMARTS) is 1. The van der Waals surface area contributed by atoms with Gasteiger partial charge in [-0.05, 0) is 37.5 Å². The Labute approximate surface area is 113 Å². The first-order valence-electron chi connectivity index (χ1n) is 6.40. The molecular formula is C14H20N2O3. The number of aromatic carboxylic acids is 1. The van der Waals surface area contributed by atoms with Crippen LogP contribution in [-0.4, -0.2) is 23.1 Å². The van der Waals surface area contributed by atoms with Crippen molar-refractivity contribution in [3.63, 3.8) is 0 Å². The number of amides is 2. The van der Waals surface area contributed by atoms with Crippen LogP contribution in [0.15, 0.2) is 18.2 Å². The van der Waals surface area contributed by atoms with Crippen LogP contribution in [0.4, 0.5) is 10.5 Å². The van der Waals surface area contributed by atoms with E-state index in [2.05, 4.69) is 10.6 Å². The van der Waals surface area contributed by atoms with E-state index in [0.717, 1.165) is 12.8 Å². The average molecular weight is 264 g/mol. The molecule has 0 heterocycles. The van der Waals surface area contributed by atoms with Gasteiger partial charge >= 0.3 is 12.0 Å². The molecule has 0 aliphatic carbocycles. The van der Waals surface area contributed by atoms with Gasteiger partial charge in [0.2, 0.25) is 0 Å². The highest BCUT2D eigenvalue weighted by molar-refractivity contribution is 5.95. The molecule has 19 heavy (non-hydrogen) atoms. The highest BCUT2D eigenvalue weighted by Gasteiger charge is 2.13. The normalized spacial score (nSPS) is 10.3. The molecule has 3 N–H and O–H groups in total. The monoisotopic (exact) mass is 264 g/mol. The van der Waals surface area contributed by atoms with Gasteiger partial charge in [-0.1, -0.05) is 19.9 Å². The summed E-state index contributed by atoms with van der Waals surface area (Å²) in [5, 5.41) is 14.6. The number of carbonyl (C=O) groups excluding carboxylic acids is 1. The number of nitrogens with one attached hydrogen (secondary N) is 2. The molecule has 0 radical (unpaired) electrons. The highest BCUT2D eigenvalue weighted by Crippen LogP contribution is 2.18. The molecule has 0 aliphatic heterocycles. The molecule has 5 nitrogen and oxygen atoms in total. The maximum atomic E-state index is 11.8. The summed E-state index contributed by atoms with van der Waals surface area (Å²) in [6, 6.07) is 4.64. The Bertz CT molecular complexity index is 468. The summed E-state index contributed by atoms with van der Waals surface area (Å²) >= 11 is 0. The second-order valence-corrected chi connectivity index (χ2v) is 4.40. The number of rotatable bonds is 5. The summed E-state index contributed by atoms with van der Waals surface area (Å²) < 4.78 is 0. The van der Waals surface area contributed by atoms with E-state index < -0.39 is 5.97 Å². The standard InChI is InChI=1S/C14H20N2O3/c1-4-10(5-2)15-14(19)16-12-8-6-7-11(9(12)3)13(17)18/h6-8,10H,4-5H2,1-3H3,(H,17,18)(H2,15,16,19). The predicted molar refractivity (Wildman–Crippen MR) is 74.7 cm³/mol. The lowest BCUT2D eigenvalue weighted by atomic mass is 10.1. The fourth-order valence-electron chi connectivity index (χ4n) is 1.84. The van der Waals surface area contributed by atoms with Gasteiger partial charge in [0.15, 0.2) is 0 Å². The molecule has 0 saturated heterocycles. The van der Waals surface area contributed by atoms with Crippen LogP contribution >= 0.6 is 0 Å². The van der Waals surface area contributed by atoms with Crippen molar-refractivity contribution in [1.82, 2.24) is 5.32 Å². The number of carboxylic acids is 1. The second kappa shape index (κ2) is 6.78. The Kier molecular flexibility index (Phi) is 5.36. The van der Waals surface area contributed by atoms with Gasteiger partial charge in [0.05, 0.1) is 5.56 Å². The highest BCUT2D eigenvalue weighted by atomic mass is 16.4. The van der Waals surface area contributed by atoms with Crippen LogP contribution in [0.25, 0.3) is 0 Å². The summed E-state index contributed by atoms with van der Waals surface area (Å²) in [4.78, 5) is 22.8. The molecule has 2 amide bonds. The Hall–Kier alpha value is -2.04. The van der Waals surface area contributed by atoms with Crippen LogP contribution in [0.3, 0.4) is 0 Å². The van der Waals surface area contributed by atoms with Crippen LogP contribution in [0.5, 0.6) is 0 Å². The van der Waals surface area contributed by atoms with Crippen molar-refractivity contribution in [1.29, 1.82) is 0 Å². The van der Waals surface area contributed by atoms with E-state index in [1.807, 2.05) is 13.8 Å². The molecular weight excluding hydrogens is 244 g/mol. The SMILES string of the molecule is CCC(CC)NC(=O)Nc1cccc(C(=O)O)c1C. The Morgan fingerprint density at radius 3 is 2.42 bits per heavy atom. The van der Waals surface area contributed by atoms with E-state index in [9.17, 15) is 9.59 Å². The summed E-state index contributed by atoms with van der Waals surface area (Å²) in [6.07, 6.45) is 1.72. The van der Waals surface area contributed by atoms with Gasteiger partial charge in [-0.15, -0.1) is 0 Å². The van der Waals surface area contributed by atoms with E-state index in [1.165, 1.54) is 6.07 Å². The number of hydrogen-bond donors (Lipinski definition) is 3. The van der Waals surface area contributed by atoms with Crippen molar-refractivity contribution >= 4 is 17.7 Å². The van der Waals surface area contributed by atoms with Crippen LogP contribution in [0, 0.1) is 6.92 Å². The van der Waals surface area contributed by atoms with Gasteiger partial charge in [0.1, 0.15) is 0 Å². The van der Waals surface area contributed by atoms with Crippen molar-refractivity contribution in [2.45, 2.75) is 39.7 Å². The van der Waals surface area contributed by atoms with Gasteiger partial charge < -0.3 is 15.7 Å². The van der Waals surface area contributed by atoms with Crippen molar-refractivity contribution in [2.75, 3.05) is 5.32 Å². The minimum atomic E-state index is -0.999. The zero-order valence-corrected chi connectivity index (χ0v) is 11.5. The maximum absolute atomic E-state index is 11.8. The van der Waals surface area contributed by atoms with Crippen LogP contribution in [0.2, 0.25) is 0 Å². The number of anilines is 1. The van der Waals surface area contributed by atoms with E-state index in [0.29, 0.717) is 11.3 Å². The minimum absolute atomic E-state index is 0.128. The van der Waals surface area contributed by atoms with Crippen LogP contribution in [-0.2, 0) is 0 Å². The van der Waals surface area contributed by atoms with Crippen molar-refractivity contribution < 1.29 is 14.7 Å².